The normalized spacial score (nSPS) is 19.9. The fourth-order valence-corrected chi connectivity index (χ4v) is 1.55. The number of aliphatic imine (C=N–C) groups is 1. The van der Waals surface area contributed by atoms with Crippen molar-refractivity contribution in [2.45, 2.75) is 38.5 Å². The molecule has 1 saturated heterocycles. The van der Waals surface area contributed by atoms with Crippen LogP contribution in [0.5, 0.6) is 0 Å². The second-order valence-corrected chi connectivity index (χ2v) is 4.76. The second-order valence-electron chi connectivity index (χ2n) is 4.76. The van der Waals surface area contributed by atoms with Gasteiger partial charge in [0, 0.05) is 26.0 Å². The zero-order valence-electron chi connectivity index (χ0n) is 11.4. The van der Waals surface area contributed by atoms with Gasteiger partial charge in [-0.2, -0.15) is 0 Å². The first kappa shape index (κ1) is 16.6. The lowest BCUT2D eigenvalue weighted by Gasteiger charge is -2.31. The fourth-order valence-electron chi connectivity index (χ4n) is 1.55. The standard InChI is InChI=1S/C12H15NO8/c1-12(2)20-10(18)6(11(19)21-12)5-13-7(9(16)17)3-4-8(14)15/h5-7H,3-4H2,1-2H3,(H,14,15)(H,16,17)/p-2/t7-/m0/s1. The molecule has 0 bridgehead atoms. The molecule has 0 aromatic heterocycles. The average molecular weight is 299 g/mol. The molecular formula is C12H13NO8-2. The quantitative estimate of drug-likeness (QED) is 0.289. The van der Waals surface area contributed by atoms with Crippen molar-refractivity contribution in [3.63, 3.8) is 0 Å². The highest BCUT2D eigenvalue weighted by molar-refractivity contribution is 6.10. The maximum atomic E-state index is 11.6. The molecule has 0 N–H and O–H groups in total. The Kier molecular flexibility index (Phi) is 5.01. The van der Waals surface area contributed by atoms with Crippen LogP contribution in [0.25, 0.3) is 0 Å². The maximum Gasteiger partial charge on any atom is 0.329 e. The molecule has 21 heavy (non-hydrogen) atoms. The van der Waals surface area contributed by atoms with Gasteiger partial charge in [-0.15, -0.1) is 0 Å². The molecular weight excluding hydrogens is 286 g/mol. The topological polar surface area (TPSA) is 145 Å². The molecule has 0 saturated carbocycles. The summed E-state index contributed by atoms with van der Waals surface area (Å²) >= 11 is 0. The predicted octanol–water partition coefficient (Wildman–Crippen LogP) is -2.84. The Morgan fingerprint density at radius 1 is 1.29 bits per heavy atom. The first-order valence-electron chi connectivity index (χ1n) is 6.02. The summed E-state index contributed by atoms with van der Waals surface area (Å²) < 4.78 is 9.61. The zero-order valence-corrected chi connectivity index (χ0v) is 11.4. The van der Waals surface area contributed by atoms with Gasteiger partial charge in [-0.1, -0.05) is 0 Å². The Balaban J connectivity index is 2.76. The van der Waals surface area contributed by atoms with Crippen molar-refractivity contribution in [3.05, 3.63) is 0 Å². The summed E-state index contributed by atoms with van der Waals surface area (Å²) in [6.45, 7) is 2.72. The Labute approximate surface area is 119 Å². The van der Waals surface area contributed by atoms with Crippen LogP contribution < -0.4 is 10.2 Å². The summed E-state index contributed by atoms with van der Waals surface area (Å²) in [5.41, 5.74) is 0. The summed E-state index contributed by atoms with van der Waals surface area (Å²) in [4.78, 5) is 47.7. The largest absolute Gasteiger partial charge is 0.550 e. The minimum atomic E-state index is -1.63. The van der Waals surface area contributed by atoms with Crippen LogP contribution in [0.4, 0.5) is 0 Å². The minimum Gasteiger partial charge on any atom is -0.550 e. The molecule has 0 radical (unpaired) electrons. The lowest BCUT2D eigenvalue weighted by atomic mass is 10.1. The van der Waals surface area contributed by atoms with Crippen molar-refractivity contribution >= 4 is 30.1 Å². The van der Waals surface area contributed by atoms with Gasteiger partial charge in [0.05, 0.1) is 12.0 Å². The molecule has 1 atom stereocenters. The van der Waals surface area contributed by atoms with E-state index in [0.29, 0.717) is 0 Å². The van der Waals surface area contributed by atoms with E-state index in [-0.39, 0.29) is 6.42 Å². The fraction of sp³-hybridized carbons (Fsp3) is 0.583. The van der Waals surface area contributed by atoms with Crippen molar-refractivity contribution < 1.29 is 38.9 Å². The van der Waals surface area contributed by atoms with Gasteiger partial charge in [0.25, 0.3) is 5.79 Å². The van der Waals surface area contributed by atoms with Crippen LogP contribution in [0.15, 0.2) is 4.99 Å². The summed E-state index contributed by atoms with van der Waals surface area (Å²) in [6.07, 6.45) is -0.179. The SMILES string of the molecule is CC1(C)OC(=O)C(C=N[C@@H](CCC(=O)[O-])C(=O)[O-])C(=O)O1. The molecule has 0 unspecified atom stereocenters. The molecule has 1 aliphatic rings. The van der Waals surface area contributed by atoms with E-state index in [9.17, 15) is 29.4 Å². The van der Waals surface area contributed by atoms with Crippen molar-refractivity contribution in [2.75, 3.05) is 0 Å². The van der Waals surface area contributed by atoms with Gasteiger partial charge >= 0.3 is 11.9 Å². The van der Waals surface area contributed by atoms with Crippen molar-refractivity contribution in [2.24, 2.45) is 10.9 Å². The third kappa shape index (κ3) is 4.86. The van der Waals surface area contributed by atoms with Crippen LogP contribution in [0.3, 0.4) is 0 Å². The summed E-state index contributed by atoms with van der Waals surface area (Å²) in [5.74, 6) is -7.85. The van der Waals surface area contributed by atoms with E-state index in [4.69, 9.17) is 9.47 Å². The molecule has 1 rings (SSSR count). The Morgan fingerprint density at radius 2 is 1.81 bits per heavy atom. The van der Waals surface area contributed by atoms with E-state index in [1.165, 1.54) is 13.8 Å². The number of cyclic esters (lactones) is 2. The van der Waals surface area contributed by atoms with Gasteiger partial charge in [0.15, 0.2) is 5.92 Å². The first-order valence-corrected chi connectivity index (χ1v) is 6.02. The Bertz CT molecular complexity index is 475. The third-order valence-electron chi connectivity index (χ3n) is 2.51. The smallest absolute Gasteiger partial charge is 0.329 e. The maximum absolute atomic E-state index is 11.6. The number of carboxylic acid groups (broad SMARTS) is 2. The van der Waals surface area contributed by atoms with E-state index in [2.05, 4.69) is 4.99 Å². The Morgan fingerprint density at radius 3 is 2.24 bits per heavy atom. The van der Waals surface area contributed by atoms with E-state index in [0.717, 1.165) is 6.21 Å². The summed E-state index contributed by atoms with van der Waals surface area (Å²) in [6, 6.07) is -1.52. The number of hydrogen-bond acceptors (Lipinski definition) is 9. The molecule has 1 heterocycles. The van der Waals surface area contributed by atoms with Gasteiger partial charge < -0.3 is 29.3 Å². The molecule has 9 nitrogen and oxygen atoms in total. The van der Waals surface area contributed by atoms with Crippen molar-refractivity contribution in [1.29, 1.82) is 0 Å². The molecule has 1 aliphatic heterocycles. The number of aliphatic carboxylic acids is 2. The molecule has 0 spiro atoms. The van der Waals surface area contributed by atoms with Crippen LogP contribution in [-0.2, 0) is 28.7 Å². The molecule has 116 valence electrons. The number of carboxylic acids is 2. The highest BCUT2D eigenvalue weighted by Crippen LogP contribution is 2.22. The molecule has 0 amide bonds. The molecule has 9 heteroatoms. The lowest BCUT2D eigenvalue weighted by Crippen LogP contribution is -2.47. The van der Waals surface area contributed by atoms with Crippen molar-refractivity contribution in [3.8, 4) is 0 Å². The van der Waals surface area contributed by atoms with Gasteiger partial charge in [-0.05, 0) is 12.8 Å². The second kappa shape index (κ2) is 6.33. The number of carbonyl (C=O) groups is 4. The van der Waals surface area contributed by atoms with E-state index in [1.807, 2.05) is 0 Å². The summed E-state index contributed by atoms with van der Waals surface area (Å²) in [5, 5.41) is 21.1. The summed E-state index contributed by atoms with van der Waals surface area (Å²) in [7, 11) is 0. The Hall–Kier alpha value is -2.45. The number of nitrogens with zero attached hydrogens (tertiary/aromatic N) is 1. The highest BCUT2D eigenvalue weighted by Gasteiger charge is 2.42. The molecule has 1 fully saturated rings. The third-order valence-corrected chi connectivity index (χ3v) is 2.51. The molecule has 0 aromatic rings. The first-order chi connectivity index (χ1) is 9.62. The van der Waals surface area contributed by atoms with Crippen LogP contribution in [0.1, 0.15) is 26.7 Å². The van der Waals surface area contributed by atoms with Gasteiger partial charge in [-0.3, -0.25) is 14.6 Å². The van der Waals surface area contributed by atoms with Crippen LogP contribution in [0, 0.1) is 5.92 Å². The van der Waals surface area contributed by atoms with Crippen LogP contribution >= 0.6 is 0 Å². The van der Waals surface area contributed by atoms with Gasteiger partial charge in [0.1, 0.15) is 0 Å². The van der Waals surface area contributed by atoms with Crippen LogP contribution in [0.2, 0.25) is 0 Å². The number of carbonyl (C=O) groups excluding carboxylic acids is 4. The monoisotopic (exact) mass is 299 g/mol. The number of rotatable bonds is 6. The number of hydrogen-bond donors (Lipinski definition) is 0. The number of esters is 2. The van der Waals surface area contributed by atoms with Gasteiger partial charge in [0.2, 0.25) is 0 Å². The number of ether oxygens (including phenoxy) is 2. The predicted molar refractivity (Wildman–Crippen MR) is 61.3 cm³/mol. The van der Waals surface area contributed by atoms with Crippen LogP contribution in [-0.4, -0.2) is 41.9 Å². The zero-order chi connectivity index (χ0) is 16.2. The minimum absolute atomic E-state index is 0.385. The van der Waals surface area contributed by atoms with E-state index < -0.39 is 48.0 Å². The molecule has 0 aliphatic carbocycles. The van der Waals surface area contributed by atoms with Gasteiger partial charge in [-0.25, -0.2) is 0 Å². The van der Waals surface area contributed by atoms with E-state index >= 15 is 0 Å². The lowest BCUT2D eigenvalue weighted by molar-refractivity contribution is -0.309. The van der Waals surface area contributed by atoms with Crippen molar-refractivity contribution in [1.82, 2.24) is 0 Å². The molecule has 0 aromatic carbocycles. The highest BCUT2D eigenvalue weighted by atomic mass is 16.7. The van der Waals surface area contributed by atoms with E-state index in [1.54, 1.807) is 0 Å². The average Bonchev–Trinajstić information content (AvgIpc) is 2.29.